The molecule has 1 aromatic carbocycles. The molecule has 0 aliphatic rings. The Balaban J connectivity index is 2.29. The van der Waals surface area contributed by atoms with Gasteiger partial charge >= 0.3 is 5.97 Å². The van der Waals surface area contributed by atoms with Crippen LogP contribution >= 0.6 is 11.6 Å². The van der Waals surface area contributed by atoms with E-state index in [1.165, 1.54) is 0 Å². The Morgan fingerprint density at radius 1 is 1.43 bits per heavy atom. The first kappa shape index (κ1) is 15.6. The zero-order valence-electron chi connectivity index (χ0n) is 12.0. The summed E-state index contributed by atoms with van der Waals surface area (Å²) in [6.07, 6.45) is 4.63. The first-order valence-corrected chi connectivity index (χ1v) is 7.49. The minimum Gasteiger partial charge on any atom is -0.481 e. The minimum absolute atomic E-state index is 0.0456. The number of aromatic nitrogens is 2. The molecule has 0 spiro atoms. The van der Waals surface area contributed by atoms with Crippen LogP contribution in [0.4, 0.5) is 0 Å². The van der Waals surface area contributed by atoms with E-state index in [0.29, 0.717) is 5.69 Å². The number of hydrogen-bond donors (Lipinski definition) is 2. The number of rotatable bonds is 7. The summed E-state index contributed by atoms with van der Waals surface area (Å²) in [5.74, 6) is -0.0120. The van der Waals surface area contributed by atoms with E-state index in [1.807, 2.05) is 24.3 Å². The van der Waals surface area contributed by atoms with Crippen LogP contribution in [0.1, 0.15) is 49.2 Å². The molecule has 0 saturated carbocycles. The monoisotopic (exact) mass is 306 g/mol. The quantitative estimate of drug-likeness (QED) is 0.812. The van der Waals surface area contributed by atoms with Crippen LogP contribution in [0.5, 0.6) is 0 Å². The maximum atomic E-state index is 10.8. The van der Waals surface area contributed by atoms with E-state index >= 15 is 0 Å². The van der Waals surface area contributed by atoms with Crippen molar-refractivity contribution >= 4 is 17.6 Å². The third kappa shape index (κ3) is 4.08. The van der Waals surface area contributed by atoms with Crippen molar-refractivity contribution < 1.29 is 9.90 Å². The molecule has 0 bridgehead atoms. The van der Waals surface area contributed by atoms with E-state index in [2.05, 4.69) is 16.9 Å². The van der Waals surface area contributed by atoms with Crippen molar-refractivity contribution in [2.45, 2.75) is 38.5 Å². The molecule has 1 aromatic heterocycles. The summed E-state index contributed by atoms with van der Waals surface area (Å²) in [5.41, 5.74) is 1.65. The fourth-order valence-corrected chi connectivity index (χ4v) is 2.68. The summed E-state index contributed by atoms with van der Waals surface area (Å²) in [6.45, 7) is 2.14. The number of carbonyl (C=O) groups is 1. The number of carboxylic acids is 1. The Labute approximate surface area is 129 Å². The highest BCUT2D eigenvalue weighted by Crippen LogP contribution is 2.32. The van der Waals surface area contributed by atoms with Gasteiger partial charge in [-0.1, -0.05) is 49.6 Å². The molecule has 0 amide bonds. The maximum absolute atomic E-state index is 10.8. The Hall–Kier alpha value is -1.81. The number of nitrogens with one attached hydrogen (secondary N) is 1. The Morgan fingerprint density at radius 2 is 2.19 bits per heavy atom. The molecule has 0 saturated heterocycles. The molecule has 0 aliphatic carbocycles. The number of halogens is 1. The molecule has 5 heteroatoms. The van der Waals surface area contributed by atoms with Crippen molar-refractivity contribution in [3.05, 3.63) is 52.6 Å². The Bertz CT molecular complexity index is 610. The lowest BCUT2D eigenvalue weighted by atomic mass is 9.93. The molecular weight excluding hydrogens is 288 g/mol. The van der Waals surface area contributed by atoms with E-state index in [9.17, 15) is 4.79 Å². The van der Waals surface area contributed by atoms with Gasteiger partial charge in [-0.15, -0.1) is 0 Å². The van der Waals surface area contributed by atoms with Gasteiger partial charge in [0.25, 0.3) is 0 Å². The molecule has 21 heavy (non-hydrogen) atoms. The molecule has 1 unspecified atom stereocenters. The predicted molar refractivity (Wildman–Crippen MR) is 82.7 cm³/mol. The molecule has 4 nitrogen and oxygen atoms in total. The van der Waals surface area contributed by atoms with Gasteiger partial charge < -0.3 is 10.1 Å². The van der Waals surface area contributed by atoms with E-state index in [-0.39, 0.29) is 12.3 Å². The van der Waals surface area contributed by atoms with Gasteiger partial charge in [0.1, 0.15) is 5.82 Å². The van der Waals surface area contributed by atoms with Crippen LogP contribution in [0.2, 0.25) is 5.02 Å². The maximum Gasteiger partial charge on any atom is 0.309 e. The predicted octanol–water partition coefficient (Wildman–Crippen LogP) is 4.01. The number of hydrogen-bond acceptors (Lipinski definition) is 2. The number of carboxylic acid groups (broad SMARTS) is 1. The highest BCUT2D eigenvalue weighted by Gasteiger charge is 2.19. The van der Waals surface area contributed by atoms with Crippen molar-refractivity contribution in [2.24, 2.45) is 0 Å². The summed E-state index contributed by atoms with van der Waals surface area (Å²) in [6, 6.07) is 7.74. The van der Waals surface area contributed by atoms with Crippen LogP contribution in [0.3, 0.4) is 0 Å². The molecule has 2 rings (SSSR count). The standard InChI is InChI=1S/C16H19ClN2O2/c1-2-3-6-13(12-7-4-5-8-14(12)17)16-18-10-11(19-16)9-15(20)21/h4-5,7-8,10,13H,2-3,6,9H2,1H3,(H,18,19)(H,20,21). The number of unbranched alkanes of at least 4 members (excludes halogenated alkanes) is 1. The van der Waals surface area contributed by atoms with Gasteiger partial charge in [0.2, 0.25) is 0 Å². The third-order valence-electron chi connectivity index (χ3n) is 3.45. The number of benzene rings is 1. The van der Waals surface area contributed by atoms with E-state index < -0.39 is 5.97 Å². The lowest BCUT2D eigenvalue weighted by Crippen LogP contribution is -2.05. The van der Waals surface area contributed by atoms with Crippen LogP contribution in [-0.2, 0) is 11.2 Å². The second-order valence-electron chi connectivity index (χ2n) is 5.08. The molecule has 2 N–H and O–H groups in total. The fraction of sp³-hybridized carbons (Fsp3) is 0.375. The van der Waals surface area contributed by atoms with Gasteiger partial charge in [-0.2, -0.15) is 0 Å². The number of nitrogens with zero attached hydrogens (tertiary/aromatic N) is 1. The summed E-state index contributed by atoms with van der Waals surface area (Å²) >= 11 is 6.30. The van der Waals surface area contributed by atoms with Crippen LogP contribution in [0.25, 0.3) is 0 Å². The van der Waals surface area contributed by atoms with E-state index in [0.717, 1.165) is 35.7 Å². The van der Waals surface area contributed by atoms with E-state index in [1.54, 1.807) is 6.20 Å². The van der Waals surface area contributed by atoms with Crippen molar-refractivity contribution in [3.8, 4) is 0 Å². The van der Waals surface area contributed by atoms with Crippen LogP contribution in [0.15, 0.2) is 30.5 Å². The second-order valence-corrected chi connectivity index (χ2v) is 5.49. The normalized spacial score (nSPS) is 12.3. The average molecular weight is 307 g/mol. The first-order chi connectivity index (χ1) is 10.1. The summed E-state index contributed by atoms with van der Waals surface area (Å²) in [7, 11) is 0. The van der Waals surface area contributed by atoms with Gasteiger partial charge in [-0.3, -0.25) is 4.79 Å². The number of aliphatic carboxylic acids is 1. The summed E-state index contributed by atoms with van der Waals surface area (Å²) < 4.78 is 0. The zero-order valence-corrected chi connectivity index (χ0v) is 12.7. The minimum atomic E-state index is -0.868. The zero-order chi connectivity index (χ0) is 15.2. The fourth-order valence-electron chi connectivity index (χ4n) is 2.41. The second kappa shape index (κ2) is 7.27. The summed E-state index contributed by atoms with van der Waals surface area (Å²) in [4.78, 5) is 18.3. The van der Waals surface area contributed by atoms with Gasteiger partial charge in [-0.25, -0.2) is 4.98 Å². The highest BCUT2D eigenvalue weighted by atomic mass is 35.5. The average Bonchev–Trinajstić information content (AvgIpc) is 2.88. The molecule has 1 atom stereocenters. The van der Waals surface area contributed by atoms with Crippen molar-refractivity contribution in [1.82, 2.24) is 9.97 Å². The highest BCUT2D eigenvalue weighted by molar-refractivity contribution is 6.31. The van der Waals surface area contributed by atoms with Crippen LogP contribution in [0, 0.1) is 0 Å². The van der Waals surface area contributed by atoms with Gasteiger partial charge in [0.15, 0.2) is 0 Å². The lowest BCUT2D eigenvalue weighted by molar-refractivity contribution is -0.136. The molecular formula is C16H19ClN2O2. The Morgan fingerprint density at radius 3 is 2.86 bits per heavy atom. The smallest absolute Gasteiger partial charge is 0.309 e. The molecule has 112 valence electrons. The number of H-pyrrole nitrogens is 1. The number of aromatic amines is 1. The Kier molecular flexibility index (Phi) is 5.39. The molecule has 0 aliphatic heterocycles. The number of imidazole rings is 1. The molecule has 0 fully saturated rings. The molecule has 2 aromatic rings. The van der Waals surface area contributed by atoms with Gasteiger partial charge in [-0.05, 0) is 18.1 Å². The third-order valence-corrected chi connectivity index (χ3v) is 3.79. The first-order valence-electron chi connectivity index (χ1n) is 7.11. The largest absolute Gasteiger partial charge is 0.481 e. The molecule has 1 heterocycles. The topological polar surface area (TPSA) is 66.0 Å². The van der Waals surface area contributed by atoms with E-state index in [4.69, 9.17) is 16.7 Å². The van der Waals surface area contributed by atoms with Crippen molar-refractivity contribution in [1.29, 1.82) is 0 Å². The lowest BCUT2D eigenvalue weighted by Gasteiger charge is -2.16. The van der Waals surface area contributed by atoms with Crippen molar-refractivity contribution in [2.75, 3.05) is 0 Å². The SMILES string of the molecule is CCCCC(c1ncc(CC(=O)O)[nH]1)c1ccccc1Cl. The van der Waals surface area contributed by atoms with Crippen molar-refractivity contribution in [3.63, 3.8) is 0 Å². The summed E-state index contributed by atoms with van der Waals surface area (Å²) in [5, 5.41) is 9.57. The van der Waals surface area contributed by atoms with Gasteiger partial charge in [0.05, 0.1) is 6.42 Å². The van der Waals surface area contributed by atoms with Crippen LogP contribution < -0.4 is 0 Å². The van der Waals surface area contributed by atoms with Crippen LogP contribution in [-0.4, -0.2) is 21.0 Å². The molecule has 0 radical (unpaired) electrons. The van der Waals surface area contributed by atoms with Gasteiger partial charge in [0, 0.05) is 22.8 Å².